The van der Waals surface area contributed by atoms with E-state index in [9.17, 15) is 0 Å². The van der Waals surface area contributed by atoms with Gasteiger partial charge in [0, 0.05) is 0 Å². The zero-order chi connectivity index (χ0) is 4.71. The molecule has 0 aromatic heterocycles. The number of rotatable bonds is 0. The van der Waals surface area contributed by atoms with Gasteiger partial charge in [-0.3, -0.25) is 0 Å². The van der Waals surface area contributed by atoms with Gasteiger partial charge in [0.1, 0.15) is 12.2 Å². The van der Waals surface area contributed by atoms with Gasteiger partial charge in [-0.15, -0.1) is 0 Å². The lowest BCUT2D eigenvalue weighted by Gasteiger charge is -1.14. The Bertz CT molecular complexity index is 39.4. The highest BCUT2D eigenvalue weighted by Gasteiger charge is 1.18. The molecule has 0 bridgehead atoms. The van der Waals surface area contributed by atoms with Crippen molar-refractivity contribution in [3.8, 4) is 5.40 Å². The molecule has 0 rings (SSSR count). The average Bonchev–Trinajstić information content (AvgIpc) is 1.46. The van der Waals surface area contributed by atoms with Crippen molar-refractivity contribution >= 4 is 19.4 Å². The van der Waals surface area contributed by atoms with Gasteiger partial charge >= 0.3 is 0 Å². The summed E-state index contributed by atoms with van der Waals surface area (Å²) in [5.74, 6) is 0. The van der Waals surface area contributed by atoms with Crippen LogP contribution in [0.4, 0.5) is 0 Å². The minimum Gasteiger partial charge on any atom is -0.307 e. The van der Waals surface area contributed by atoms with E-state index in [-0.39, 0.29) is 0 Å². The van der Waals surface area contributed by atoms with E-state index in [1.54, 1.807) is 0 Å². The van der Waals surface area contributed by atoms with Crippen molar-refractivity contribution in [2.24, 2.45) is 0 Å². The summed E-state index contributed by atoms with van der Waals surface area (Å²) in [6, 6.07) is 0. The molecular weight excluding hydrogens is 86.1 g/mol. The van der Waals surface area contributed by atoms with Crippen molar-refractivity contribution < 1.29 is 4.79 Å². The van der Waals surface area contributed by atoms with Crippen LogP contribution < -0.4 is 0 Å². The normalized spacial score (nSPS) is 2.40. The minimum absolute atomic E-state index is 1.44. The summed E-state index contributed by atoms with van der Waals surface area (Å²) in [5.41, 5.74) is 0. The van der Waals surface area contributed by atoms with Gasteiger partial charge in [0.05, 0.1) is 0 Å². The highest BCUT2D eigenvalue weighted by Crippen LogP contribution is 1.46. The number of thiol groups is 1. The van der Waals surface area contributed by atoms with Crippen LogP contribution in [0.15, 0.2) is 0 Å². The largest absolute Gasteiger partial charge is 0.307 e. The Balaban J connectivity index is 0. The predicted octanol–water partition coefficient (Wildman–Crippen LogP) is 0.212. The Morgan fingerprint density at radius 1 is 1.80 bits per heavy atom. The summed E-state index contributed by atoms with van der Waals surface area (Å²) < 4.78 is 0. The van der Waals surface area contributed by atoms with Crippen LogP contribution >= 0.6 is 12.6 Å². The first kappa shape index (κ1) is 8.82. The van der Waals surface area contributed by atoms with Crippen LogP contribution in [-0.2, 0) is 4.79 Å². The molecule has 0 aliphatic heterocycles. The van der Waals surface area contributed by atoms with Gasteiger partial charge in [0.15, 0.2) is 0 Å². The lowest BCUT2D eigenvalue weighted by molar-refractivity contribution is -0.0979. The SMILES string of the molecule is C=O.N#CS. The number of hydrogen-bond donors (Lipinski definition) is 1. The highest BCUT2D eigenvalue weighted by atomic mass is 32.1. The quantitative estimate of drug-likeness (QED) is 0.340. The third-order valence-electron chi connectivity index (χ3n) is 0. The van der Waals surface area contributed by atoms with Crippen molar-refractivity contribution in [3.63, 3.8) is 0 Å². The van der Waals surface area contributed by atoms with E-state index >= 15 is 0 Å². The second-order valence-corrected chi connectivity index (χ2v) is 0.300. The van der Waals surface area contributed by atoms with E-state index in [1.165, 1.54) is 5.40 Å². The Morgan fingerprint density at radius 3 is 1.80 bits per heavy atom. The molecule has 0 aromatic carbocycles. The number of hydrogen-bond acceptors (Lipinski definition) is 3. The fraction of sp³-hybridized carbons (Fsp3) is 0. The summed E-state index contributed by atoms with van der Waals surface area (Å²) in [6.45, 7) is 2.00. The number of carbonyl (C=O) groups is 1. The number of nitrogens with zero attached hydrogens (tertiary/aromatic N) is 1. The Hall–Kier alpha value is -0.490. The van der Waals surface area contributed by atoms with Gasteiger partial charge in [0.25, 0.3) is 0 Å². The van der Waals surface area contributed by atoms with E-state index in [0.717, 1.165) is 0 Å². The van der Waals surface area contributed by atoms with Crippen LogP contribution in [-0.4, -0.2) is 6.79 Å². The first-order valence-corrected chi connectivity index (χ1v) is 1.18. The summed E-state index contributed by atoms with van der Waals surface area (Å²) in [5, 5.41) is 8.63. The zero-order valence-electron chi connectivity index (χ0n) is 2.51. The van der Waals surface area contributed by atoms with E-state index in [0.29, 0.717) is 0 Å². The van der Waals surface area contributed by atoms with Crippen LogP contribution in [0.5, 0.6) is 0 Å². The second kappa shape index (κ2) is 85.0. The van der Waals surface area contributed by atoms with Crippen molar-refractivity contribution in [3.05, 3.63) is 0 Å². The molecule has 0 spiro atoms. The first-order chi connectivity index (χ1) is 2.41. The number of thiocyanates is 1. The van der Waals surface area contributed by atoms with E-state index in [4.69, 9.17) is 10.1 Å². The topological polar surface area (TPSA) is 40.9 Å². The molecule has 0 amide bonds. The maximum Gasteiger partial charge on any atom is 0.130 e. The molecule has 0 saturated heterocycles. The monoisotopic (exact) mass is 89.0 g/mol. The maximum atomic E-state index is 8.00. The maximum absolute atomic E-state index is 8.00. The molecule has 0 heterocycles. The summed E-state index contributed by atoms with van der Waals surface area (Å²) in [7, 11) is 0. The van der Waals surface area contributed by atoms with Gasteiger partial charge in [-0.2, -0.15) is 5.26 Å². The standard InChI is InChI=1S/CHNS.CH2O/c2-1-3;1-2/h3H;1H2. The number of carbonyl (C=O) groups excluding carboxylic acids is 1. The predicted molar refractivity (Wildman–Crippen MR) is 21.7 cm³/mol. The van der Waals surface area contributed by atoms with Crippen LogP contribution in [0.3, 0.4) is 0 Å². The van der Waals surface area contributed by atoms with Crippen LogP contribution in [0, 0.1) is 10.7 Å². The van der Waals surface area contributed by atoms with E-state index in [2.05, 4.69) is 12.6 Å². The first-order valence-electron chi connectivity index (χ1n) is 0.736. The fourth-order valence-electron chi connectivity index (χ4n) is 0. The molecule has 0 aromatic rings. The minimum atomic E-state index is 1.44. The third kappa shape index (κ3) is 33.3. The molecule has 3 heteroatoms. The molecule has 0 N–H and O–H groups in total. The molecule has 0 fully saturated rings. The Labute approximate surface area is 35.8 Å². The van der Waals surface area contributed by atoms with Gasteiger partial charge in [-0.25, -0.2) is 0 Å². The molecule has 2 nitrogen and oxygen atoms in total. The fourth-order valence-corrected chi connectivity index (χ4v) is 0. The van der Waals surface area contributed by atoms with Crippen molar-refractivity contribution in [2.75, 3.05) is 0 Å². The molecule has 28 valence electrons. The molecule has 0 saturated carbocycles. The van der Waals surface area contributed by atoms with Gasteiger partial charge < -0.3 is 4.79 Å². The molecule has 0 aliphatic rings. The van der Waals surface area contributed by atoms with Crippen LogP contribution in [0.25, 0.3) is 0 Å². The van der Waals surface area contributed by atoms with E-state index in [1.807, 2.05) is 6.79 Å². The third-order valence-corrected chi connectivity index (χ3v) is 0. The van der Waals surface area contributed by atoms with Crippen molar-refractivity contribution in [1.82, 2.24) is 0 Å². The van der Waals surface area contributed by atoms with Crippen molar-refractivity contribution in [2.45, 2.75) is 0 Å². The van der Waals surface area contributed by atoms with Crippen LogP contribution in [0.1, 0.15) is 0 Å². The number of nitriles is 1. The molecule has 0 atom stereocenters. The lowest BCUT2D eigenvalue weighted by atomic mass is 11.8. The van der Waals surface area contributed by atoms with Gasteiger partial charge in [0.2, 0.25) is 0 Å². The summed E-state index contributed by atoms with van der Waals surface area (Å²) in [4.78, 5) is 8.00. The zero-order valence-corrected chi connectivity index (χ0v) is 3.40. The van der Waals surface area contributed by atoms with Crippen LogP contribution in [0.2, 0.25) is 0 Å². The van der Waals surface area contributed by atoms with E-state index < -0.39 is 0 Å². The lowest BCUT2D eigenvalue weighted by Crippen LogP contribution is -0.961. The highest BCUT2D eigenvalue weighted by molar-refractivity contribution is 7.85. The molecule has 5 heavy (non-hydrogen) atoms. The van der Waals surface area contributed by atoms with Crippen molar-refractivity contribution in [1.29, 1.82) is 5.26 Å². The Kier molecular flexibility index (Phi) is 150. The van der Waals surface area contributed by atoms with Gasteiger partial charge in [-0.05, 0) is 0 Å². The second-order valence-electron chi connectivity index (χ2n) is 0.100. The smallest absolute Gasteiger partial charge is 0.130 e. The molecular formula is C2H3NOS. The van der Waals surface area contributed by atoms with Gasteiger partial charge in [-0.1, -0.05) is 12.6 Å². The average molecular weight is 89.1 g/mol. The molecule has 0 unspecified atom stereocenters. The molecule has 0 radical (unpaired) electrons. The summed E-state index contributed by atoms with van der Waals surface area (Å²) in [6.07, 6.45) is 0. The summed E-state index contributed by atoms with van der Waals surface area (Å²) >= 11 is 3.09. The molecule has 0 aliphatic carbocycles. The Morgan fingerprint density at radius 2 is 1.80 bits per heavy atom.